The Bertz CT molecular complexity index is 400. The van der Waals surface area contributed by atoms with Crippen LogP contribution in [0, 0.1) is 0 Å². The first-order valence-corrected chi connectivity index (χ1v) is 7.17. The minimum absolute atomic E-state index is 0.171. The molecule has 0 bridgehead atoms. The van der Waals surface area contributed by atoms with Gasteiger partial charge < -0.3 is 10.6 Å². The van der Waals surface area contributed by atoms with Crippen LogP contribution in [-0.2, 0) is 7.05 Å². The third-order valence-corrected chi connectivity index (χ3v) is 4.26. The second kappa shape index (κ2) is 6.03. The average molecular weight is 265 g/mol. The van der Waals surface area contributed by atoms with Gasteiger partial charge in [0, 0.05) is 44.0 Å². The van der Waals surface area contributed by atoms with E-state index < -0.39 is 0 Å². The Morgan fingerprint density at radius 3 is 2.74 bits per heavy atom. The van der Waals surface area contributed by atoms with Crippen LogP contribution in [0.4, 0.5) is 0 Å². The maximum absolute atomic E-state index is 6.37. The normalized spacial score (nSPS) is 24.0. The predicted octanol–water partition coefficient (Wildman–Crippen LogP) is 0.834. The van der Waals surface area contributed by atoms with E-state index in [2.05, 4.69) is 42.1 Å². The van der Waals surface area contributed by atoms with E-state index in [1.54, 1.807) is 0 Å². The highest BCUT2D eigenvalue weighted by atomic mass is 15.3. The van der Waals surface area contributed by atoms with Crippen LogP contribution in [0.25, 0.3) is 0 Å². The zero-order chi connectivity index (χ0) is 14.0. The van der Waals surface area contributed by atoms with Crippen molar-refractivity contribution < 1.29 is 0 Å². The molecule has 2 heterocycles. The van der Waals surface area contributed by atoms with E-state index in [1.807, 2.05) is 17.9 Å². The van der Waals surface area contributed by atoms with E-state index in [0.29, 0.717) is 12.1 Å². The molecule has 0 radical (unpaired) electrons. The predicted molar refractivity (Wildman–Crippen MR) is 77.9 cm³/mol. The van der Waals surface area contributed by atoms with Crippen LogP contribution < -0.4 is 5.73 Å². The van der Waals surface area contributed by atoms with Gasteiger partial charge in [-0.2, -0.15) is 5.10 Å². The Labute approximate surface area is 116 Å². The third-order valence-electron chi connectivity index (χ3n) is 4.26. The van der Waals surface area contributed by atoms with E-state index in [-0.39, 0.29) is 6.04 Å². The molecule has 0 aromatic carbocycles. The van der Waals surface area contributed by atoms with Gasteiger partial charge in [0.1, 0.15) is 0 Å². The molecule has 0 aliphatic carbocycles. The second-order valence-corrected chi connectivity index (χ2v) is 5.87. The Kier molecular flexibility index (Phi) is 4.60. The molecule has 1 saturated heterocycles. The smallest absolute Gasteiger partial charge is 0.0538 e. The van der Waals surface area contributed by atoms with Gasteiger partial charge in [0.15, 0.2) is 0 Å². The quantitative estimate of drug-likeness (QED) is 0.857. The molecule has 1 aromatic rings. The van der Waals surface area contributed by atoms with Crippen molar-refractivity contribution in [3.8, 4) is 0 Å². The lowest BCUT2D eigenvalue weighted by Gasteiger charge is -2.32. The first-order chi connectivity index (χ1) is 9.02. The highest BCUT2D eigenvalue weighted by molar-refractivity contribution is 5.14. The number of hydrogen-bond donors (Lipinski definition) is 1. The molecular weight excluding hydrogens is 238 g/mol. The molecule has 2 N–H and O–H groups in total. The molecule has 3 atom stereocenters. The molecule has 2 rings (SSSR count). The van der Waals surface area contributed by atoms with Gasteiger partial charge in [-0.3, -0.25) is 9.58 Å². The minimum atomic E-state index is 0.171. The molecule has 1 aliphatic rings. The summed E-state index contributed by atoms with van der Waals surface area (Å²) in [7, 11) is 6.28. The topological polar surface area (TPSA) is 50.3 Å². The fourth-order valence-corrected chi connectivity index (χ4v) is 2.99. The maximum atomic E-state index is 6.37. The lowest BCUT2D eigenvalue weighted by Crippen LogP contribution is -2.41. The molecule has 1 aromatic heterocycles. The largest absolute Gasteiger partial charge is 0.326 e. The average Bonchev–Trinajstić information content (AvgIpc) is 2.99. The van der Waals surface area contributed by atoms with E-state index in [9.17, 15) is 0 Å². The zero-order valence-electron chi connectivity index (χ0n) is 12.6. The van der Waals surface area contributed by atoms with Gasteiger partial charge in [-0.25, -0.2) is 0 Å². The molecule has 108 valence electrons. The van der Waals surface area contributed by atoms with E-state index in [0.717, 1.165) is 19.5 Å². The molecule has 5 nitrogen and oxygen atoms in total. The van der Waals surface area contributed by atoms with Crippen LogP contribution >= 0.6 is 0 Å². The number of likely N-dealkylation sites (tertiary alicyclic amines) is 1. The molecule has 1 aliphatic heterocycles. The molecule has 19 heavy (non-hydrogen) atoms. The Morgan fingerprint density at radius 1 is 1.53 bits per heavy atom. The van der Waals surface area contributed by atoms with Crippen molar-refractivity contribution >= 4 is 0 Å². The molecule has 3 unspecified atom stereocenters. The van der Waals surface area contributed by atoms with Crippen molar-refractivity contribution in [2.75, 3.05) is 27.2 Å². The highest BCUT2D eigenvalue weighted by Gasteiger charge is 2.33. The molecular formula is C14H27N5. The van der Waals surface area contributed by atoms with Crippen molar-refractivity contribution in [3.63, 3.8) is 0 Å². The number of hydrogen-bond acceptors (Lipinski definition) is 4. The second-order valence-electron chi connectivity index (χ2n) is 5.87. The summed E-state index contributed by atoms with van der Waals surface area (Å²) < 4.78 is 1.87. The summed E-state index contributed by atoms with van der Waals surface area (Å²) in [4.78, 5) is 4.84. The van der Waals surface area contributed by atoms with Crippen LogP contribution in [0.5, 0.6) is 0 Å². The van der Waals surface area contributed by atoms with Crippen LogP contribution in [-0.4, -0.2) is 58.8 Å². The molecule has 5 heteroatoms. The van der Waals surface area contributed by atoms with Gasteiger partial charge in [0.05, 0.1) is 12.2 Å². The monoisotopic (exact) mass is 265 g/mol. The zero-order valence-corrected chi connectivity index (χ0v) is 12.6. The van der Waals surface area contributed by atoms with Crippen LogP contribution in [0.2, 0.25) is 0 Å². The Balaban J connectivity index is 2.15. The van der Waals surface area contributed by atoms with Gasteiger partial charge in [-0.05, 0) is 26.9 Å². The van der Waals surface area contributed by atoms with Crippen molar-refractivity contribution in [2.24, 2.45) is 12.8 Å². The standard InChI is InChI=1S/C14H27N5/c1-5-13(15)14(11-8-16-18(4)9-11)19-7-6-12(10-19)17(2)3/h8-9,12-14H,5-7,10,15H2,1-4H3. The third kappa shape index (κ3) is 3.16. The summed E-state index contributed by atoms with van der Waals surface area (Å²) in [5.74, 6) is 0. The summed E-state index contributed by atoms with van der Waals surface area (Å²) in [6.45, 7) is 4.38. The van der Waals surface area contributed by atoms with Crippen LogP contribution in [0.1, 0.15) is 31.4 Å². The summed E-state index contributed by atoms with van der Waals surface area (Å²) in [6, 6.07) is 1.11. The first kappa shape index (κ1) is 14.5. The van der Waals surface area contributed by atoms with E-state index in [4.69, 9.17) is 5.73 Å². The lowest BCUT2D eigenvalue weighted by atomic mass is 9.99. The van der Waals surface area contributed by atoms with Gasteiger partial charge in [0.2, 0.25) is 0 Å². The molecule has 0 amide bonds. The number of nitrogens with zero attached hydrogens (tertiary/aromatic N) is 4. The van der Waals surface area contributed by atoms with E-state index >= 15 is 0 Å². The van der Waals surface area contributed by atoms with Crippen LogP contribution in [0.3, 0.4) is 0 Å². The number of likely N-dealkylation sites (N-methyl/N-ethyl adjacent to an activating group) is 1. The fourth-order valence-electron chi connectivity index (χ4n) is 2.99. The van der Waals surface area contributed by atoms with Gasteiger partial charge in [-0.15, -0.1) is 0 Å². The first-order valence-electron chi connectivity index (χ1n) is 7.17. The molecule has 0 saturated carbocycles. The fraction of sp³-hybridized carbons (Fsp3) is 0.786. The summed E-state index contributed by atoms with van der Waals surface area (Å²) in [5.41, 5.74) is 7.61. The van der Waals surface area contributed by atoms with Crippen molar-refractivity contribution in [3.05, 3.63) is 18.0 Å². The number of nitrogens with two attached hydrogens (primary N) is 1. The van der Waals surface area contributed by atoms with E-state index in [1.165, 1.54) is 12.0 Å². The van der Waals surface area contributed by atoms with Crippen molar-refractivity contribution in [1.82, 2.24) is 19.6 Å². The lowest BCUT2D eigenvalue weighted by molar-refractivity contribution is 0.190. The Morgan fingerprint density at radius 2 is 2.26 bits per heavy atom. The van der Waals surface area contributed by atoms with Gasteiger partial charge >= 0.3 is 0 Å². The summed E-state index contributed by atoms with van der Waals surface area (Å²) in [5, 5.41) is 4.30. The van der Waals surface area contributed by atoms with Gasteiger partial charge in [-0.1, -0.05) is 6.92 Å². The SMILES string of the molecule is CCC(N)C(c1cnn(C)c1)N1CCC(N(C)C)C1. The maximum Gasteiger partial charge on any atom is 0.0538 e. The minimum Gasteiger partial charge on any atom is -0.326 e. The molecule has 1 fully saturated rings. The van der Waals surface area contributed by atoms with Crippen molar-refractivity contribution in [1.29, 1.82) is 0 Å². The number of aryl methyl sites for hydroxylation is 1. The molecule has 0 spiro atoms. The summed E-state index contributed by atoms with van der Waals surface area (Å²) >= 11 is 0. The number of aromatic nitrogens is 2. The highest BCUT2D eigenvalue weighted by Crippen LogP contribution is 2.29. The van der Waals surface area contributed by atoms with Gasteiger partial charge in [0.25, 0.3) is 0 Å². The van der Waals surface area contributed by atoms with Crippen LogP contribution in [0.15, 0.2) is 12.4 Å². The summed E-state index contributed by atoms with van der Waals surface area (Å²) in [6.07, 6.45) is 6.27. The Hall–Kier alpha value is -0.910. The van der Waals surface area contributed by atoms with Crippen molar-refractivity contribution in [2.45, 2.75) is 37.9 Å². The number of rotatable bonds is 5.